The molecule has 0 aliphatic rings. The van der Waals surface area contributed by atoms with Crippen molar-refractivity contribution >= 4 is 68.2 Å². The highest BCUT2D eigenvalue weighted by atomic mass is 16.2. The van der Waals surface area contributed by atoms with E-state index in [-0.39, 0.29) is 36.0 Å². The number of hydrogen-bond acceptors (Lipinski definition) is 9. The number of rotatable bonds is 30. The molecule has 4 aromatic carbocycles. The van der Waals surface area contributed by atoms with Crippen LogP contribution in [0.5, 0.6) is 0 Å². The van der Waals surface area contributed by atoms with Crippen LogP contribution in [0, 0.1) is 0 Å². The van der Waals surface area contributed by atoms with Crippen LogP contribution in [0.4, 0.5) is 0 Å². The predicted molar refractivity (Wildman–Crippen MR) is 294 cm³/mol. The number of nitrogens with two attached hydrogens (primary N) is 3. The summed E-state index contributed by atoms with van der Waals surface area (Å²) in [6.07, 6.45) is 12.7. The molecule has 0 fully saturated rings. The maximum absolute atomic E-state index is 14.7. The number of hydrogen-bond donors (Lipinski definition) is 12. The summed E-state index contributed by atoms with van der Waals surface area (Å²) in [5.74, 6) is -3.47. The van der Waals surface area contributed by atoms with Gasteiger partial charge in [0.2, 0.25) is 17.7 Å². The van der Waals surface area contributed by atoms with Crippen molar-refractivity contribution in [3.05, 3.63) is 143 Å². The van der Waals surface area contributed by atoms with Crippen molar-refractivity contribution in [3.8, 4) is 0 Å². The van der Waals surface area contributed by atoms with Crippen LogP contribution in [0.3, 0.4) is 0 Å². The number of carbonyl (C=O) groups excluding carboxylic acids is 6. The largest absolute Gasteiger partial charge is 0.361 e. The molecule has 18 nitrogen and oxygen atoms in total. The molecule has 0 saturated heterocycles. The Balaban J connectivity index is 1.22. The first kappa shape index (κ1) is 55.0. The van der Waals surface area contributed by atoms with Gasteiger partial charge in [0.15, 0.2) is 0 Å². The molecule has 0 saturated carbocycles. The summed E-state index contributed by atoms with van der Waals surface area (Å²) in [5, 5.41) is 20.3. The number of aromatic nitrogens is 3. The molecule has 7 aromatic rings. The number of unbranched alkanes of at least 4 members (excludes halogenated alkanes) is 6. The van der Waals surface area contributed by atoms with Crippen LogP contribution in [0.25, 0.3) is 32.7 Å². The lowest BCUT2D eigenvalue weighted by Crippen LogP contribution is -2.49. The van der Waals surface area contributed by atoms with Crippen LogP contribution in [0.1, 0.15) is 106 Å². The Morgan fingerprint density at radius 2 is 0.667 bits per heavy atom. The third-order valence-corrected chi connectivity index (χ3v) is 13.4. The predicted octanol–water partition coefficient (Wildman–Crippen LogP) is 4.89. The number of benzene rings is 4. The molecule has 3 heterocycles. The molecule has 0 aliphatic heterocycles. The molecule has 6 amide bonds. The van der Waals surface area contributed by atoms with Gasteiger partial charge >= 0.3 is 0 Å². The van der Waals surface area contributed by atoms with Crippen molar-refractivity contribution in [2.75, 3.05) is 39.3 Å². The van der Waals surface area contributed by atoms with Crippen molar-refractivity contribution < 1.29 is 28.8 Å². The standard InChI is InChI=1S/C57H72N12O6/c58-22-10-1-13-25-61-55(73)49(31-40-34-64-46-19-7-4-16-43(40)46)67-52(70)37-28-38(53(71)68-50(56(74)62-26-14-2-11-23-59)32-41-35-65-47-20-8-5-17-44(41)47)30-39(29-37)54(72)69-51(57(75)63-27-15-3-12-24-60)33-42-36-66-48-21-9-6-18-45(42)48/h4-9,16-21,28-30,34-36,49-51,64-66H,1-3,10-15,22-27,31-33,58-60H2,(H,61,73)(H,62,74)(H,63,75)(H,67,70)(H,68,71)(H,69,72)/t49-,50-,51-/m0/s1. The summed E-state index contributed by atoms with van der Waals surface area (Å²) in [6.45, 7) is 2.69. The fraction of sp³-hybridized carbons (Fsp3) is 0.368. The minimum absolute atomic E-state index is 0.109. The van der Waals surface area contributed by atoms with Gasteiger partial charge in [0.25, 0.3) is 17.7 Å². The second-order valence-corrected chi connectivity index (χ2v) is 19.0. The lowest BCUT2D eigenvalue weighted by atomic mass is 10.00. The molecule has 0 aliphatic carbocycles. The van der Waals surface area contributed by atoms with E-state index in [1.807, 2.05) is 72.8 Å². The second kappa shape index (κ2) is 28.0. The second-order valence-electron chi connectivity index (χ2n) is 19.0. The third kappa shape index (κ3) is 15.4. The van der Waals surface area contributed by atoms with Gasteiger partial charge in [-0.1, -0.05) is 73.9 Å². The zero-order chi connectivity index (χ0) is 52.9. The first-order chi connectivity index (χ1) is 36.6. The first-order valence-electron chi connectivity index (χ1n) is 26.2. The van der Waals surface area contributed by atoms with E-state index >= 15 is 0 Å². The first-order valence-corrected chi connectivity index (χ1v) is 26.2. The van der Waals surface area contributed by atoms with Gasteiger partial charge in [0.05, 0.1) is 0 Å². The summed E-state index contributed by atoms with van der Waals surface area (Å²) < 4.78 is 0. The Labute approximate surface area is 436 Å². The molecular weight excluding hydrogens is 949 g/mol. The fourth-order valence-corrected chi connectivity index (χ4v) is 9.28. The average Bonchev–Trinajstić information content (AvgIpc) is 4.16. The molecule has 0 bridgehead atoms. The van der Waals surface area contributed by atoms with Gasteiger partial charge in [0, 0.05) is 107 Å². The lowest BCUT2D eigenvalue weighted by Gasteiger charge is -2.21. The zero-order valence-corrected chi connectivity index (χ0v) is 42.5. The van der Waals surface area contributed by atoms with E-state index in [2.05, 4.69) is 46.9 Å². The molecule has 0 unspecified atom stereocenters. The molecular formula is C57H72N12O6. The minimum Gasteiger partial charge on any atom is -0.361 e. The lowest BCUT2D eigenvalue weighted by molar-refractivity contribution is -0.123. The number of nitrogens with one attached hydrogen (secondary N) is 9. The molecule has 3 atom stereocenters. The van der Waals surface area contributed by atoms with E-state index in [1.54, 1.807) is 18.6 Å². The van der Waals surface area contributed by atoms with Crippen molar-refractivity contribution in [1.29, 1.82) is 0 Å². The summed E-state index contributed by atoms with van der Waals surface area (Å²) in [7, 11) is 0. The highest BCUT2D eigenvalue weighted by Crippen LogP contribution is 2.23. The topological polar surface area (TPSA) is 300 Å². The van der Waals surface area contributed by atoms with E-state index in [0.717, 1.165) is 87.9 Å². The number of carbonyl (C=O) groups is 6. The zero-order valence-electron chi connectivity index (χ0n) is 42.5. The van der Waals surface area contributed by atoms with E-state index < -0.39 is 53.6 Å². The number of H-pyrrole nitrogens is 3. The summed E-state index contributed by atoms with van der Waals surface area (Å²) in [6, 6.07) is 23.7. The Morgan fingerprint density at radius 1 is 0.387 bits per heavy atom. The van der Waals surface area contributed by atoms with Crippen LogP contribution >= 0.6 is 0 Å². The maximum atomic E-state index is 14.7. The highest BCUT2D eigenvalue weighted by Gasteiger charge is 2.29. The van der Waals surface area contributed by atoms with Crippen LogP contribution in [0.2, 0.25) is 0 Å². The number of fused-ring (bicyclic) bond motifs is 3. The van der Waals surface area contributed by atoms with Gasteiger partial charge in [-0.3, -0.25) is 28.8 Å². The van der Waals surface area contributed by atoms with Crippen LogP contribution in [-0.2, 0) is 33.6 Å². The monoisotopic (exact) mass is 1020 g/mol. The van der Waals surface area contributed by atoms with Crippen molar-refractivity contribution in [1.82, 2.24) is 46.9 Å². The smallest absolute Gasteiger partial charge is 0.251 e. The SMILES string of the molecule is NCCCCCNC(=O)[C@H](Cc1c[nH]c2ccccc12)NC(=O)c1cc(C(=O)N[C@@H](Cc2c[nH]c3ccccc23)C(=O)NCCCCCN)cc(C(=O)N[C@@H](Cc2c[nH]c3ccccc23)C(=O)NCCCCCN)c1. The summed E-state index contributed by atoms with van der Waals surface area (Å²) >= 11 is 0. The molecule has 3 aromatic heterocycles. The van der Waals surface area contributed by atoms with Crippen LogP contribution in [-0.4, -0.2) is 108 Å². The van der Waals surface area contributed by atoms with Gasteiger partial charge in [0.1, 0.15) is 18.1 Å². The van der Waals surface area contributed by atoms with E-state index in [4.69, 9.17) is 17.2 Å². The molecule has 18 heteroatoms. The molecule has 7 rings (SSSR count). The number of para-hydroxylation sites is 3. The highest BCUT2D eigenvalue weighted by molar-refractivity contribution is 6.07. The molecule has 15 N–H and O–H groups in total. The third-order valence-electron chi connectivity index (χ3n) is 13.4. The summed E-state index contributed by atoms with van der Waals surface area (Å²) in [4.78, 5) is 95.9. The minimum atomic E-state index is -1.08. The number of aromatic amines is 3. The summed E-state index contributed by atoms with van der Waals surface area (Å²) in [5.41, 5.74) is 21.7. The van der Waals surface area contributed by atoms with Gasteiger partial charge in [-0.25, -0.2) is 0 Å². The normalized spacial score (nSPS) is 12.5. The van der Waals surface area contributed by atoms with Crippen molar-refractivity contribution in [2.24, 2.45) is 17.2 Å². The fourth-order valence-electron chi connectivity index (χ4n) is 9.28. The van der Waals surface area contributed by atoms with Gasteiger partial charge < -0.3 is 64.1 Å². The van der Waals surface area contributed by atoms with E-state index in [0.29, 0.717) is 58.5 Å². The maximum Gasteiger partial charge on any atom is 0.251 e. The van der Waals surface area contributed by atoms with Crippen LogP contribution in [0.15, 0.2) is 110 Å². The van der Waals surface area contributed by atoms with Gasteiger partial charge in [-0.15, -0.1) is 0 Å². The van der Waals surface area contributed by atoms with Crippen LogP contribution < -0.4 is 49.1 Å². The van der Waals surface area contributed by atoms with Crippen molar-refractivity contribution in [2.45, 2.75) is 95.2 Å². The average molecular weight is 1020 g/mol. The number of amides is 6. The van der Waals surface area contributed by atoms with E-state index in [1.165, 1.54) is 18.2 Å². The van der Waals surface area contributed by atoms with Gasteiger partial charge in [-0.05, 0) is 111 Å². The Hall–Kier alpha value is -7.80. The Bertz CT molecular complexity index is 2700. The molecule has 396 valence electrons. The Morgan fingerprint density at radius 3 is 0.947 bits per heavy atom. The quantitative estimate of drug-likeness (QED) is 0.0273. The van der Waals surface area contributed by atoms with E-state index in [9.17, 15) is 28.8 Å². The molecule has 75 heavy (non-hydrogen) atoms. The van der Waals surface area contributed by atoms with Gasteiger partial charge in [-0.2, -0.15) is 0 Å². The Kier molecular flexibility index (Phi) is 20.5. The molecule has 0 spiro atoms. The van der Waals surface area contributed by atoms with Crippen molar-refractivity contribution in [3.63, 3.8) is 0 Å². The molecule has 0 radical (unpaired) electrons.